The predicted octanol–water partition coefficient (Wildman–Crippen LogP) is 3.85. The monoisotopic (exact) mass is 607 g/mol. The van der Waals surface area contributed by atoms with E-state index in [0.29, 0.717) is 25.9 Å². The Kier molecular flexibility index (Phi) is 14.2. The number of hydrogen-bond donors (Lipinski definition) is 4. The Bertz CT molecular complexity index is 1220. The number of carbonyl (C=O) groups excluding carboxylic acids is 4. The first-order valence-corrected chi connectivity index (χ1v) is 15.8. The van der Waals surface area contributed by atoms with Gasteiger partial charge in [-0.25, -0.2) is 4.79 Å². The van der Waals surface area contributed by atoms with E-state index in [4.69, 9.17) is 4.74 Å². The first kappa shape index (κ1) is 34.6. The zero-order valence-electron chi connectivity index (χ0n) is 26.6. The van der Waals surface area contributed by atoms with Crippen molar-refractivity contribution in [2.75, 3.05) is 26.7 Å². The third-order valence-electron chi connectivity index (χ3n) is 7.99. The van der Waals surface area contributed by atoms with Crippen molar-refractivity contribution in [3.8, 4) is 0 Å². The van der Waals surface area contributed by atoms with Crippen molar-refractivity contribution >= 4 is 23.8 Å². The van der Waals surface area contributed by atoms with Gasteiger partial charge >= 0.3 is 6.09 Å². The molecule has 0 aliphatic heterocycles. The molecule has 0 fully saturated rings. The average Bonchev–Trinajstić information content (AvgIpc) is 3.03. The largest absolute Gasteiger partial charge is 0.445 e. The molecule has 1 aliphatic carbocycles. The smallest absolute Gasteiger partial charge is 0.407 e. The zero-order valence-corrected chi connectivity index (χ0v) is 26.6. The number of aryl methyl sites for hydroxylation is 1. The number of ether oxygens (including phenoxy) is 1. The molecule has 0 saturated carbocycles. The lowest BCUT2D eigenvalue weighted by atomic mass is 9.88. The molecule has 44 heavy (non-hydrogen) atoms. The molecule has 3 rings (SSSR count). The van der Waals surface area contributed by atoms with Crippen LogP contribution in [0.2, 0.25) is 0 Å². The van der Waals surface area contributed by atoms with Gasteiger partial charge in [0.1, 0.15) is 12.6 Å². The maximum absolute atomic E-state index is 13.8. The van der Waals surface area contributed by atoms with Crippen LogP contribution >= 0.6 is 0 Å². The Morgan fingerprint density at radius 1 is 0.955 bits per heavy atom. The number of rotatable bonds is 16. The fraction of sp³-hybridized carbons (Fsp3) is 0.529. The van der Waals surface area contributed by atoms with Crippen molar-refractivity contribution in [3.63, 3.8) is 0 Å². The van der Waals surface area contributed by atoms with E-state index in [-0.39, 0.29) is 42.8 Å². The van der Waals surface area contributed by atoms with Gasteiger partial charge in [0, 0.05) is 13.1 Å². The molecule has 0 bridgehead atoms. The summed E-state index contributed by atoms with van der Waals surface area (Å²) in [5, 5.41) is 11.7. The number of amides is 4. The van der Waals surface area contributed by atoms with Gasteiger partial charge in [0.05, 0.1) is 18.6 Å². The summed E-state index contributed by atoms with van der Waals surface area (Å²) < 4.78 is 5.25. The molecule has 0 aromatic heterocycles. The number of fused-ring (bicyclic) bond motifs is 1. The minimum Gasteiger partial charge on any atom is -0.445 e. The van der Waals surface area contributed by atoms with E-state index in [2.05, 4.69) is 33.4 Å². The molecule has 0 heterocycles. The molecular formula is C34H49N5O5. The summed E-state index contributed by atoms with van der Waals surface area (Å²) in [7, 11) is 1.69. The lowest BCUT2D eigenvalue weighted by Crippen LogP contribution is -2.56. The quantitative estimate of drug-likeness (QED) is 0.215. The zero-order chi connectivity index (χ0) is 31.9. The van der Waals surface area contributed by atoms with Gasteiger partial charge in [0.25, 0.3) is 0 Å². The number of nitrogens with one attached hydrogen (secondary N) is 4. The van der Waals surface area contributed by atoms with Crippen LogP contribution in [0.4, 0.5) is 4.79 Å². The SMILES string of the molecule is CN[C@@H](C)C(=O)N[C@H](C(=O)N(CCCCCNC(=O)OCc1ccccc1)CC(=O)NC1CCCc2ccccc21)C(C)C. The third kappa shape index (κ3) is 11.0. The van der Waals surface area contributed by atoms with Crippen molar-refractivity contribution in [2.45, 2.75) is 84.0 Å². The highest BCUT2D eigenvalue weighted by atomic mass is 16.5. The minimum atomic E-state index is -0.762. The van der Waals surface area contributed by atoms with Gasteiger partial charge in [-0.3, -0.25) is 14.4 Å². The van der Waals surface area contributed by atoms with Crippen LogP contribution in [0.1, 0.15) is 75.6 Å². The highest BCUT2D eigenvalue weighted by Crippen LogP contribution is 2.29. The molecule has 4 N–H and O–H groups in total. The number of nitrogens with zero attached hydrogens (tertiary/aromatic N) is 1. The van der Waals surface area contributed by atoms with Crippen molar-refractivity contribution in [3.05, 3.63) is 71.3 Å². The predicted molar refractivity (Wildman–Crippen MR) is 171 cm³/mol. The molecule has 0 spiro atoms. The second-order valence-corrected chi connectivity index (χ2v) is 11.8. The summed E-state index contributed by atoms with van der Waals surface area (Å²) in [6.45, 7) is 6.40. The first-order chi connectivity index (χ1) is 21.2. The van der Waals surface area contributed by atoms with Crippen molar-refractivity contribution in [1.82, 2.24) is 26.2 Å². The summed E-state index contributed by atoms with van der Waals surface area (Å²) >= 11 is 0. The van der Waals surface area contributed by atoms with E-state index in [1.807, 2.05) is 56.3 Å². The van der Waals surface area contributed by atoms with Gasteiger partial charge in [-0.2, -0.15) is 0 Å². The van der Waals surface area contributed by atoms with E-state index in [1.54, 1.807) is 18.9 Å². The lowest BCUT2D eigenvalue weighted by molar-refractivity contribution is -0.141. The maximum atomic E-state index is 13.8. The fourth-order valence-corrected chi connectivity index (χ4v) is 5.27. The Balaban J connectivity index is 1.56. The summed E-state index contributed by atoms with van der Waals surface area (Å²) in [4.78, 5) is 53.4. The second kappa shape index (κ2) is 18.0. The Hall–Kier alpha value is -3.92. The standard InChI is InChI=1S/C34H49N5O5/c1-24(2)31(38-32(41)25(3)35-4)33(42)39(22-30(40)37-29-19-13-17-27-16-9-10-18-28(27)29)21-12-6-11-20-36-34(43)44-23-26-14-7-5-8-15-26/h5,7-10,14-16,18,24-25,29,31,35H,6,11-13,17,19-23H2,1-4H3,(H,36,43)(H,37,40)(H,38,41)/t25-,29?,31-/m0/s1. The summed E-state index contributed by atoms with van der Waals surface area (Å²) in [6.07, 6.45) is 4.42. The van der Waals surface area contributed by atoms with E-state index < -0.39 is 18.2 Å². The minimum absolute atomic E-state index is 0.0887. The van der Waals surface area contributed by atoms with Gasteiger partial charge in [-0.05, 0) is 75.1 Å². The van der Waals surface area contributed by atoms with Crippen LogP contribution in [0.5, 0.6) is 0 Å². The molecule has 2 aromatic carbocycles. The number of carbonyl (C=O) groups is 4. The highest BCUT2D eigenvalue weighted by molar-refractivity contribution is 5.92. The number of alkyl carbamates (subject to hydrolysis) is 1. The van der Waals surface area contributed by atoms with Crippen LogP contribution in [0, 0.1) is 5.92 Å². The van der Waals surface area contributed by atoms with Crippen LogP contribution < -0.4 is 21.3 Å². The number of hydrogen-bond acceptors (Lipinski definition) is 6. The molecule has 2 aromatic rings. The second-order valence-electron chi connectivity index (χ2n) is 11.8. The van der Waals surface area contributed by atoms with Crippen molar-refractivity contribution in [2.24, 2.45) is 5.92 Å². The normalized spacial score (nSPS) is 15.4. The lowest BCUT2D eigenvalue weighted by Gasteiger charge is -2.31. The van der Waals surface area contributed by atoms with Gasteiger partial charge in [-0.15, -0.1) is 0 Å². The number of unbranched alkanes of at least 4 members (excludes halogenated alkanes) is 2. The van der Waals surface area contributed by atoms with Crippen molar-refractivity contribution < 1.29 is 23.9 Å². The van der Waals surface area contributed by atoms with Crippen LogP contribution in [0.25, 0.3) is 0 Å². The van der Waals surface area contributed by atoms with Crippen LogP contribution in [-0.4, -0.2) is 67.5 Å². The summed E-state index contributed by atoms with van der Waals surface area (Å²) in [5.41, 5.74) is 3.30. The molecule has 240 valence electrons. The van der Waals surface area contributed by atoms with E-state index in [0.717, 1.165) is 36.8 Å². The molecule has 10 nitrogen and oxygen atoms in total. The van der Waals surface area contributed by atoms with E-state index >= 15 is 0 Å². The first-order valence-electron chi connectivity index (χ1n) is 15.8. The molecule has 0 saturated heterocycles. The Morgan fingerprint density at radius 2 is 1.68 bits per heavy atom. The fourth-order valence-electron chi connectivity index (χ4n) is 5.27. The maximum Gasteiger partial charge on any atom is 0.407 e. The summed E-state index contributed by atoms with van der Waals surface area (Å²) in [6, 6.07) is 16.3. The van der Waals surface area contributed by atoms with Crippen LogP contribution in [0.3, 0.4) is 0 Å². The van der Waals surface area contributed by atoms with E-state index in [9.17, 15) is 19.2 Å². The molecule has 10 heteroatoms. The topological polar surface area (TPSA) is 129 Å². The number of benzene rings is 2. The molecule has 1 aliphatic rings. The van der Waals surface area contributed by atoms with Gasteiger partial charge < -0.3 is 30.9 Å². The third-order valence-corrected chi connectivity index (χ3v) is 7.99. The average molecular weight is 608 g/mol. The molecule has 4 amide bonds. The Labute approximate surface area is 261 Å². The van der Waals surface area contributed by atoms with Gasteiger partial charge in [0.15, 0.2) is 0 Å². The Morgan fingerprint density at radius 3 is 2.41 bits per heavy atom. The molecule has 1 unspecified atom stereocenters. The molecule has 3 atom stereocenters. The van der Waals surface area contributed by atoms with Crippen LogP contribution in [0.15, 0.2) is 54.6 Å². The molecule has 0 radical (unpaired) electrons. The highest BCUT2D eigenvalue weighted by Gasteiger charge is 2.31. The van der Waals surface area contributed by atoms with Crippen LogP contribution in [-0.2, 0) is 32.1 Å². The molecular weight excluding hydrogens is 558 g/mol. The summed E-state index contributed by atoms with van der Waals surface area (Å²) in [5.74, 6) is -0.941. The van der Waals surface area contributed by atoms with Crippen molar-refractivity contribution in [1.29, 1.82) is 0 Å². The van der Waals surface area contributed by atoms with Gasteiger partial charge in [-0.1, -0.05) is 68.4 Å². The van der Waals surface area contributed by atoms with E-state index in [1.165, 1.54) is 5.56 Å². The van der Waals surface area contributed by atoms with Gasteiger partial charge in [0.2, 0.25) is 17.7 Å². The number of likely N-dealkylation sites (N-methyl/N-ethyl adjacent to an activating group) is 1.